The van der Waals surface area contributed by atoms with E-state index in [2.05, 4.69) is 54.4 Å². The zero-order chi connectivity index (χ0) is 13.7. The summed E-state index contributed by atoms with van der Waals surface area (Å²) in [7, 11) is 0. The summed E-state index contributed by atoms with van der Waals surface area (Å²) in [5, 5.41) is 12.6. The van der Waals surface area contributed by atoms with Crippen molar-refractivity contribution in [2.75, 3.05) is 18.0 Å². The molecule has 1 aliphatic rings. The van der Waals surface area contributed by atoms with Crippen molar-refractivity contribution in [3.05, 3.63) is 29.8 Å². The van der Waals surface area contributed by atoms with Crippen molar-refractivity contribution >= 4 is 5.69 Å². The monoisotopic (exact) mass is 257 g/mol. The van der Waals surface area contributed by atoms with Crippen molar-refractivity contribution in [1.82, 2.24) is 5.32 Å². The number of hydrogen-bond acceptors (Lipinski definition) is 3. The highest BCUT2D eigenvalue weighted by molar-refractivity contribution is 5.54. The Labute approximate surface area is 116 Å². The summed E-state index contributed by atoms with van der Waals surface area (Å²) in [6.45, 7) is 5.99. The van der Waals surface area contributed by atoms with Crippen molar-refractivity contribution in [3.63, 3.8) is 0 Å². The van der Waals surface area contributed by atoms with E-state index in [1.807, 2.05) is 0 Å². The normalized spacial score (nSPS) is 16.6. The number of nitrogens with zero attached hydrogens (tertiary/aromatic N) is 2. The lowest BCUT2D eigenvalue weighted by Crippen LogP contribution is -2.43. The number of nitriles is 1. The fraction of sp³-hybridized carbons (Fsp3) is 0.562. The Morgan fingerprint density at radius 3 is 2.84 bits per heavy atom. The average Bonchev–Trinajstić information content (AvgIpc) is 2.60. The van der Waals surface area contributed by atoms with Crippen LogP contribution in [0.25, 0.3) is 0 Å². The summed E-state index contributed by atoms with van der Waals surface area (Å²) >= 11 is 0. The van der Waals surface area contributed by atoms with Gasteiger partial charge in [-0.1, -0.05) is 18.2 Å². The van der Waals surface area contributed by atoms with E-state index in [-0.39, 0.29) is 6.04 Å². The number of para-hydroxylation sites is 1. The molecule has 1 aliphatic heterocycles. The maximum absolute atomic E-state index is 9.28. The first-order valence-corrected chi connectivity index (χ1v) is 7.19. The molecule has 0 spiro atoms. The topological polar surface area (TPSA) is 39.1 Å². The van der Waals surface area contributed by atoms with Crippen LogP contribution in [0.2, 0.25) is 0 Å². The quantitative estimate of drug-likeness (QED) is 0.901. The van der Waals surface area contributed by atoms with Gasteiger partial charge in [0.25, 0.3) is 0 Å². The van der Waals surface area contributed by atoms with Gasteiger partial charge in [-0.3, -0.25) is 5.32 Å². The maximum Gasteiger partial charge on any atom is 0.113 e. The summed E-state index contributed by atoms with van der Waals surface area (Å²) in [6, 6.07) is 11.2. The molecule has 1 atom stereocenters. The summed E-state index contributed by atoms with van der Waals surface area (Å²) in [5.74, 6) is 0. The van der Waals surface area contributed by atoms with Crippen LogP contribution in [0.4, 0.5) is 5.69 Å². The molecule has 0 radical (unpaired) electrons. The van der Waals surface area contributed by atoms with Gasteiger partial charge in [-0.2, -0.15) is 5.26 Å². The predicted molar refractivity (Wildman–Crippen MR) is 79.3 cm³/mol. The molecule has 102 valence electrons. The molecule has 1 unspecified atom stereocenters. The predicted octanol–water partition coefficient (Wildman–Crippen LogP) is 2.72. The second-order valence-corrected chi connectivity index (χ2v) is 5.53. The summed E-state index contributed by atoms with van der Waals surface area (Å²) in [6.07, 6.45) is 3.60. The van der Waals surface area contributed by atoms with E-state index in [4.69, 9.17) is 0 Å². The molecule has 0 aliphatic carbocycles. The molecule has 0 fully saturated rings. The third kappa shape index (κ3) is 3.71. The van der Waals surface area contributed by atoms with Gasteiger partial charge >= 0.3 is 0 Å². The highest BCUT2D eigenvalue weighted by Gasteiger charge is 2.19. The molecule has 1 aromatic carbocycles. The van der Waals surface area contributed by atoms with Crippen LogP contribution in [-0.4, -0.2) is 25.2 Å². The second kappa shape index (κ2) is 6.58. The SMILES string of the molecule is CC(C)NC(C#N)CN1CCCCc2ccccc21. The molecule has 1 heterocycles. The highest BCUT2D eigenvalue weighted by Crippen LogP contribution is 2.26. The number of rotatable bonds is 4. The van der Waals surface area contributed by atoms with E-state index >= 15 is 0 Å². The standard InChI is InChI=1S/C16H23N3/c1-13(2)18-15(11-17)12-19-10-6-5-8-14-7-3-4-9-16(14)19/h3-4,7,9,13,15,18H,5-6,8,10,12H2,1-2H3. The van der Waals surface area contributed by atoms with Crippen molar-refractivity contribution < 1.29 is 0 Å². The van der Waals surface area contributed by atoms with Crippen molar-refractivity contribution in [1.29, 1.82) is 5.26 Å². The fourth-order valence-electron chi connectivity index (χ4n) is 2.71. The molecule has 0 aromatic heterocycles. The van der Waals surface area contributed by atoms with E-state index in [0.29, 0.717) is 6.04 Å². The minimum atomic E-state index is -0.105. The van der Waals surface area contributed by atoms with Crippen LogP contribution in [0.1, 0.15) is 32.3 Å². The Balaban J connectivity index is 2.13. The Kier molecular flexibility index (Phi) is 4.81. The van der Waals surface area contributed by atoms with E-state index in [0.717, 1.165) is 19.5 Å². The Hall–Kier alpha value is -1.53. The highest BCUT2D eigenvalue weighted by atomic mass is 15.2. The molecular formula is C16H23N3. The third-order valence-electron chi connectivity index (χ3n) is 3.55. The van der Waals surface area contributed by atoms with Crippen LogP contribution in [-0.2, 0) is 6.42 Å². The largest absolute Gasteiger partial charge is 0.369 e. The molecule has 0 saturated heterocycles. The lowest BCUT2D eigenvalue weighted by Gasteiger charge is -2.28. The van der Waals surface area contributed by atoms with Crippen LogP contribution >= 0.6 is 0 Å². The van der Waals surface area contributed by atoms with Crippen LogP contribution in [0.5, 0.6) is 0 Å². The van der Waals surface area contributed by atoms with E-state index < -0.39 is 0 Å². The number of nitrogens with one attached hydrogen (secondary N) is 1. The van der Waals surface area contributed by atoms with Crippen LogP contribution < -0.4 is 10.2 Å². The first-order chi connectivity index (χ1) is 9.20. The minimum Gasteiger partial charge on any atom is -0.369 e. The third-order valence-corrected chi connectivity index (χ3v) is 3.55. The maximum atomic E-state index is 9.28. The first-order valence-electron chi connectivity index (χ1n) is 7.19. The van der Waals surface area contributed by atoms with Crippen molar-refractivity contribution in [2.24, 2.45) is 0 Å². The van der Waals surface area contributed by atoms with Gasteiger partial charge in [-0.15, -0.1) is 0 Å². The molecule has 3 heteroatoms. The van der Waals surface area contributed by atoms with Crippen molar-refractivity contribution in [2.45, 2.75) is 45.2 Å². The smallest absolute Gasteiger partial charge is 0.113 e. The van der Waals surface area contributed by atoms with Gasteiger partial charge in [-0.05, 0) is 44.7 Å². The number of benzene rings is 1. The molecule has 0 bridgehead atoms. The molecule has 0 amide bonds. The van der Waals surface area contributed by atoms with Gasteiger partial charge in [0, 0.05) is 24.8 Å². The average molecular weight is 257 g/mol. The van der Waals surface area contributed by atoms with E-state index in [1.165, 1.54) is 24.1 Å². The van der Waals surface area contributed by atoms with Gasteiger partial charge in [0.1, 0.15) is 6.04 Å². The molecule has 19 heavy (non-hydrogen) atoms. The number of aryl methyl sites for hydroxylation is 1. The Morgan fingerprint density at radius 1 is 1.32 bits per heavy atom. The van der Waals surface area contributed by atoms with Gasteiger partial charge in [-0.25, -0.2) is 0 Å². The summed E-state index contributed by atoms with van der Waals surface area (Å²) in [5.41, 5.74) is 2.73. The molecule has 1 aromatic rings. The van der Waals surface area contributed by atoms with Crippen LogP contribution in [0.3, 0.4) is 0 Å². The summed E-state index contributed by atoms with van der Waals surface area (Å²) in [4.78, 5) is 2.37. The second-order valence-electron chi connectivity index (χ2n) is 5.53. The number of fused-ring (bicyclic) bond motifs is 1. The van der Waals surface area contributed by atoms with Gasteiger partial charge in [0.05, 0.1) is 6.07 Å². The zero-order valence-electron chi connectivity index (χ0n) is 11.9. The van der Waals surface area contributed by atoms with E-state index in [1.54, 1.807) is 0 Å². The van der Waals surface area contributed by atoms with Gasteiger partial charge < -0.3 is 4.90 Å². The number of hydrogen-bond donors (Lipinski definition) is 1. The lowest BCUT2D eigenvalue weighted by atomic mass is 10.1. The molecule has 2 rings (SSSR count). The molecule has 3 nitrogen and oxygen atoms in total. The van der Waals surface area contributed by atoms with Gasteiger partial charge in [0.2, 0.25) is 0 Å². The Morgan fingerprint density at radius 2 is 2.11 bits per heavy atom. The van der Waals surface area contributed by atoms with Crippen molar-refractivity contribution in [3.8, 4) is 6.07 Å². The molecule has 1 N–H and O–H groups in total. The molecule has 0 saturated carbocycles. The van der Waals surface area contributed by atoms with Crippen LogP contribution in [0, 0.1) is 11.3 Å². The molecular weight excluding hydrogens is 234 g/mol. The first kappa shape index (κ1) is 13.9. The van der Waals surface area contributed by atoms with E-state index in [9.17, 15) is 5.26 Å². The Bertz CT molecular complexity index is 448. The van der Waals surface area contributed by atoms with Gasteiger partial charge in [0.15, 0.2) is 0 Å². The lowest BCUT2D eigenvalue weighted by molar-refractivity contribution is 0.519. The summed E-state index contributed by atoms with van der Waals surface area (Å²) < 4.78 is 0. The van der Waals surface area contributed by atoms with Crippen LogP contribution in [0.15, 0.2) is 24.3 Å². The fourth-order valence-corrected chi connectivity index (χ4v) is 2.71. The zero-order valence-corrected chi connectivity index (χ0v) is 11.9. The minimum absolute atomic E-state index is 0.105. The number of anilines is 1.